The van der Waals surface area contributed by atoms with Gasteiger partial charge in [0.05, 0.1) is 19.7 Å². The zero-order chi connectivity index (χ0) is 28.6. The van der Waals surface area contributed by atoms with Crippen molar-refractivity contribution in [1.82, 2.24) is 9.88 Å². The molecule has 1 heterocycles. The first-order valence-electron chi connectivity index (χ1n) is 12.6. The number of carbonyl (C=O) groups is 2. The fraction of sp³-hybridized carbons (Fsp3) is 0.200. The van der Waals surface area contributed by atoms with Gasteiger partial charge in [-0.2, -0.15) is 0 Å². The number of nitrogens with zero attached hydrogens (tertiary/aromatic N) is 3. The lowest BCUT2D eigenvalue weighted by molar-refractivity contribution is -0.115. The summed E-state index contributed by atoms with van der Waals surface area (Å²) in [5.74, 6) is -0.408. The summed E-state index contributed by atoms with van der Waals surface area (Å²) in [7, 11) is 3.03. The predicted octanol–water partition coefficient (Wildman–Crippen LogP) is 7.01. The molecule has 0 bridgehead atoms. The van der Waals surface area contributed by atoms with E-state index < -0.39 is 11.8 Å². The second kappa shape index (κ2) is 13.1. The first-order valence-corrected chi connectivity index (χ1v) is 13.4. The Morgan fingerprint density at radius 2 is 1.77 bits per heavy atom. The first-order chi connectivity index (χ1) is 19.4. The lowest BCUT2D eigenvalue weighted by Gasteiger charge is -2.10. The van der Waals surface area contributed by atoms with Gasteiger partial charge in [0.1, 0.15) is 5.70 Å². The maximum absolute atomic E-state index is 13.4. The Bertz CT molecular complexity index is 1590. The summed E-state index contributed by atoms with van der Waals surface area (Å²) in [6.07, 6.45) is 3.27. The van der Waals surface area contributed by atoms with Crippen molar-refractivity contribution in [2.75, 3.05) is 14.2 Å². The molecule has 0 aliphatic carbocycles. The lowest BCUT2D eigenvalue weighted by atomic mass is 10.1. The maximum Gasteiger partial charge on any atom is 0.311 e. The minimum absolute atomic E-state index is 0.0863. The van der Waals surface area contributed by atoms with Gasteiger partial charge in [-0.1, -0.05) is 53.5 Å². The number of fused-ring (bicyclic) bond motifs is 1. The number of ether oxygens (including phenoxy) is 2. The number of hydrogen-bond acceptors (Lipinski definition) is 6. The van der Waals surface area contributed by atoms with Gasteiger partial charge in [0.15, 0.2) is 17.2 Å². The zero-order valence-corrected chi connectivity index (χ0v) is 23.9. The molecule has 0 radical (unpaired) electrons. The Balaban J connectivity index is 1.74. The van der Waals surface area contributed by atoms with Crippen LogP contribution in [0, 0.1) is 0 Å². The van der Waals surface area contributed by atoms with Crippen LogP contribution in [-0.2, 0) is 11.3 Å². The molecule has 2 amide bonds. The maximum atomic E-state index is 13.4. The summed E-state index contributed by atoms with van der Waals surface area (Å²) >= 11 is 3.46. The molecule has 4 rings (SSSR count). The molecule has 10 heteroatoms. The highest BCUT2D eigenvalue weighted by atomic mass is 79.9. The van der Waals surface area contributed by atoms with Gasteiger partial charge in [-0.05, 0) is 60.5 Å². The van der Waals surface area contributed by atoms with Crippen LogP contribution in [-0.4, -0.2) is 35.7 Å². The normalized spacial score (nSPS) is 11.7. The van der Waals surface area contributed by atoms with Crippen LogP contribution in [0.4, 0.5) is 5.69 Å². The second-order valence-corrected chi connectivity index (χ2v) is 9.75. The fourth-order valence-electron chi connectivity index (χ4n) is 4.13. The molecule has 3 aromatic carbocycles. The van der Waals surface area contributed by atoms with Crippen molar-refractivity contribution < 1.29 is 24.2 Å². The Morgan fingerprint density at radius 3 is 2.48 bits per heavy atom. The number of nitrogens with one attached hydrogen (secondary N) is 1. The van der Waals surface area contributed by atoms with Crippen LogP contribution in [0.5, 0.6) is 17.4 Å². The summed E-state index contributed by atoms with van der Waals surface area (Å²) in [5, 5.41) is 22.3. The molecule has 206 valence electrons. The number of aromatic nitrogens is 1. The number of halogens is 1. The van der Waals surface area contributed by atoms with Gasteiger partial charge in [-0.25, -0.2) is 0 Å². The van der Waals surface area contributed by atoms with Gasteiger partial charge in [0, 0.05) is 22.0 Å². The number of azo groups is 1. The van der Waals surface area contributed by atoms with Crippen molar-refractivity contribution in [1.29, 1.82) is 0 Å². The molecule has 0 fully saturated rings. The topological polar surface area (TPSA) is 115 Å². The molecule has 9 nitrogen and oxygen atoms in total. The van der Waals surface area contributed by atoms with E-state index in [1.54, 1.807) is 53.1 Å². The average molecular weight is 605 g/mol. The van der Waals surface area contributed by atoms with Gasteiger partial charge in [0.2, 0.25) is 5.88 Å². The van der Waals surface area contributed by atoms with Gasteiger partial charge in [-0.15, -0.1) is 10.2 Å². The number of benzene rings is 3. The van der Waals surface area contributed by atoms with E-state index in [0.29, 0.717) is 34.6 Å². The van der Waals surface area contributed by atoms with Crippen molar-refractivity contribution >= 4 is 50.4 Å². The molecule has 0 spiro atoms. The van der Waals surface area contributed by atoms with Gasteiger partial charge < -0.3 is 24.5 Å². The first kappa shape index (κ1) is 28.6. The largest absolute Gasteiger partial charge is 0.493 e. The summed E-state index contributed by atoms with van der Waals surface area (Å²) in [4.78, 5) is 26.3. The third-order valence-electron chi connectivity index (χ3n) is 6.18. The summed E-state index contributed by atoms with van der Waals surface area (Å²) in [6.45, 7) is 2.65. The van der Waals surface area contributed by atoms with Crippen molar-refractivity contribution in [2.24, 2.45) is 10.2 Å². The van der Waals surface area contributed by atoms with E-state index in [1.807, 2.05) is 18.2 Å². The predicted molar refractivity (Wildman–Crippen MR) is 157 cm³/mol. The minimum Gasteiger partial charge on any atom is -0.493 e. The van der Waals surface area contributed by atoms with Crippen molar-refractivity contribution in [2.45, 2.75) is 26.3 Å². The van der Waals surface area contributed by atoms with Crippen LogP contribution in [0.1, 0.15) is 35.7 Å². The number of methoxy groups -OCH3 is 2. The molecule has 0 atom stereocenters. The minimum atomic E-state index is -0.803. The molecule has 40 heavy (non-hydrogen) atoms. The smallest absolute Gasteiger partial charge is 0.311 e. The Labute approximate surface area is 240 Å². The highest BCUT2D eigenvalue weighted by Gasteiger charge is 2.19. The van der Waals surface area contributed by atoms with Crippen molar-refractivity contribution in [3.8, 4) is 17.4 Å². The SMILES string of the molecule is CCCCn1c(O)c(N=NC(=O)/C(=C\c2ccc(OC)c(OC)c2)NC(=O)c2ccccc2)c2cc(Br)ccc21. The number of carbonyl (C=O) groups excluding carboxylic acids is 2. The van der Waals surface area contributed by atoms with Crippen LogP contribution in [0.2, 0.25) is 0 Å². The molecule has 0 saturated carbocycles. The second-order valence-electron chi connectivity index (χ2n) is 8.84. The molecule has 0 unspecified atom stereocenters. The van der Waals surface area contributed by atoms with E-state index in [9.17, 15) is 14.7 Å². The van der Waals surface area contributed by atoms with Gasteiger partial charge in [-0.3, -0.25) is 9.59 Å². The van der Waals surface area contributed by atoms with Crippen LogP contribution in [0.25, 0.3) is 17.0 Å². The monoisotopic (exact) mass is 604 g/mol. The van der Waals surface area contributed by atoms with E-state index in [0.717, 1.165) is 22.8 Å². The van der Waals surface area contributed by atoms with Gasteiger partial charge in [0.25, 0.3) is 5.91 Å². The highest BCUT2D eigenvalue weighted by Crippen LogP contribution is 2.40. The van der Waals surface area contributed by atoms with Crippen LogP contribution in [0.3, 0.4) is 0 Å². The summed E-state index contributed by atoms with van der Waals surface area (Å²) in [5.41, 5.74) is 1.76. The zero-order valence-electron chi connectivity index (χ0n) is 22.3. The van der Waals surface area contributed by atoms with Crippen LogP contribution < -0.4 is 14.8 Å². The van der Waals surface area contributed by atoms with Crippen molar-refractivity contribution in [3.05, 3.63) is 88.0 Å². The molecule has 0 saturated heterocycles. The van der Waals surface area contributed by atoms with Crippen LogP contribution in [0.15, 0.2) is 87.1 Å². The number of rotatable bonds is 10. The molecular formula is C30H29BrN4O5. The number of hydrogen-bond donors (Lipinski definition) is 2. The Kier molecular flexibility index (Phi) is 9.34. The van der Waals surface area contributed by atoms with E-state index in [-0.39, 0.29) is 17.3 Å². The van der Waals surface area contributed by atoms with Crippen LogP contribution >= 0.6 is 15.9 Å². The number of unbranched alkanes of at least 4 members (excludes halogenated alkanes) is 1. The number of amides is 2. The summed E-state index contributed by atoms with van der Waals surface area (Å²) < 4.78 is 13.2. The quantitative estimate of drug-likeness (QED) is 0.149. The molecule has 1 aromatic heterocycles. The van der Waals surface area contributed by atoms with E-state index in [4.69, 9.17) is 9.47 Å². The van der Waals surface area contributed by atoms with E-state index >= 15 is 0 Å². The molecule has 0 aliphatic heterocycles. The molecule has 0 aliphatic rings. The van der Waals surface area contributed by atoms with Crippen molar-refractivity contribution in [3.63, 3.8) is 0 Å². The van der Waals surface area contributed by atoms with E-state index in [2.05, 4.69) is 38.4 Å². The Hall–Kier alpha value is -4.44. The fourth-order valence-corrected chi connectivity index (χ4v) is 4.49. The Morgan fingerprint density at radius 1 is 1.02 bits per heavy atom. The van der Waals surface area contributed by atoms with Gasteiger partial charge >= 0.3 is 5.91 Å². The summed E-state index contributed by atoms with van der Waals surface area (Å²) in [6, 6.07) is 19.1. The standard InChI is InChI=1S/C30H29BrN4O5/c1-4-5-15-35-24-13-12-21(31)18-22(24)27(30(35)38)33-34-29(37)23(32-28(36)20-9-7-6-8-10-20)16-19-11-14-25(39-2)26(17-19)40-3/h6-14,16-18,38H,4-5,15H2,1-3H3,(H,32,36)/b23-16+,34-33?. The number of aryl methyl sites for hydroxylation is 1. The average Bonchev–Trinajstić information content (AvgIpc) is 3.23. The molecule has 2 N–H and O–H groups in total. The molecular weight excluding hydrogens is 576 g/mol. The van der Waals surface area contributed by atoms with E-state index in [1.165, 1.54) is 20.3 Å². The number of aromatic hydroxyl groups is 1. The third kappa shape index (κ3) is 6.40. The highest BCUT2D eigenvalue weighted by molar-refractivity contribution is 9.10. The molecule has 4 aromatic rings. The third-order valence-corrected chi connectivity index (χ3v) is 6.67. The lowest BCUT2D eigenvalue weighted by Crippen LogP contribution is -2.26.